The van der Waals surface area contributed by atoms with Gasteiger partial charge in [0.05, 0.1) is 36.6 Å². The van der Waals surface area contributed by atoms with Crippen molar-refractivity contribution in [1.29, 1.82) is 0 Å². The summed E-state index contributed by atoms with van der Waals surface area (Å²) in [5.41, 5.74) is 11.9. The van der Waals surface area contributed by atoms with Crippen LogP contribution in [0.1, 0.15) is 68.2 Å². The summed E-state index contributed by atoms with van der Waals surface area (Å²) in [5, 5.41) is 14.5. The maximum absolute atomic E-state index is 12.6. The van der Waals surface area contributed by atoms with Gasteiger partial charge in [0.25, 0.3) is 0 Å². The van der Waals surface area contributed by atoms with E-state index in [4.69, 9.17) is 5.11 Å². The molecule has 0 saturated heterocycles. The zero-order chi connectivity index (χ0) is 45.3. The van der Waals surface area contributed by atoms with Gasteiger partial charge in [-0.25, -0.2) is 19.9 Å². The summed E-state index contributed by atoms with van der Waals surface area (Å²) >= 11 is 3.34. The van der Waals surface area contributed by atoms with Gasteiger partial charge in [0, 0.05) is 73.3 Å². The van der Waals surface area contributed by atoms with Crippen LogP contribution in [0.5, 0.6) is 0 Å². The number of aromatic nitrogens is 6. The monoisotopic (exact) mass is 954 g/mol. The van der Waals surface area contributed by atoms with Gasteiger partial charge >= 0.3 is 12.4 Å². The number of rotatable bonds is 12. The maximum Gasteiger partial charge on any atom is 0.390 e. The van der Waals surface area contributed by atoms with E-state index < -0.39 is 25.2 Å². The first-order chi connectivity index (χ1) is 31.3. The Balaban J connectivity index is 0.000000165. The Morgan fingerprint density at radius 3 is 1.54 bits per heavy atom. The van der Waals surface area contributed by atoms with Crippen LogP contribution in [0.25, 0.3) is 45.0 Å². The first-order valence-electron chi connectivity index (χ1n) is 21.1. The summed E-state index contributed by atoms with van der Waals surface area (Å²) in [7, 11) is 0. The molecule has 0 spiro atoms. The highest BCUT2D eigenvalue weighted by Crippen LogP contribution is 2.39. The van der Waals surface area contributed by atoms with E-state index in [0.717, 1.165) is 46.5 Å². The largest absolute Gasteiger partial charge is 0.390 e. The molecular weight excluding hydrogens is 914 g/mol. The Morgan fingerprint density at radius 2 is 1.09 bits per heavy atom. The van der Waals surface area contributed by atoms with Crippen LogP contribution < -0.4 is 10.6 Å². The van der Waals surface area contributed by atoms with Crippen LogP contribution in [-0.4, -0.2) is 77.3 Å². The molecule has 334 valence electrons. The number of halogens is 7. The second-order valence-corrected chi connectivity index (χ2v) is 17.0. The van der Waals surface area contributed by atoms with Crippen molar-refractivity contribution < 1.29 is 31.4 Å². The molecule has 2 aliphatic heterocycles. The molecule has 2 saturated carbocycles. The van der Waals surface area contributed by atoms with Gasteiger partial charge < -0.3 is 15.7 Å². The van der Waals surface area contributed by atoms with Crippen LogP contribution in [0.4, 0.5) is 38.0 Å². The normalized spacial score (nSPS) is 16.1. The number of alkyl halides is 6. The molecule has 0 atom stereocenters. The lowest BCUT2D eigenvalue weighted by Gasteiger charge is -2.11. The molecular formula is C47H41BrF6N10O. The second-order valence-electron chi connectivity index (χ2n) is 16.2. The van der Waals surface area contributed by atoms with Crippen molar-refractivity contribution in [2.75, 3.05) is 30.3 Å². The summed E-state index contributed by atoms with van der Waals surface area (Å²) in [6.45, 7) is -0.948. The van der Waals surface area contributed by atoms with Crippen LogP contribution in [0.3, 0.4) is 0 Å². The van der Waals surface area contributed by atoms with Gasteiger partial charge in [-0.15, -0.1) is 0 Å². The molecule has 10 rings (SSSR count). The number of allylic oxidation sites excluding steroid dienone is 2. The van der Waals surface area contributed by atoms with Gasteiger partial charge in [-0.2, -0.15) is 26.3 Å². The lowest BCUT2D eigenvalue weighted by atomic mass is 9.99. The van der Waals surface area contributed by atoms with Gasteiger partial charge in [-0.3, -0.25) is 18.8 Å². The van der Waals surface area contributed by atoms with E-state index in [1.165, 1.54) is 48.3 Å². The summed E-state index contributed by atoms with van der Waals surface area (Å²) in [6.07, 6.45) is 7.07. The van der Waals surface area contributed by atoms with Crippen molar-refractivity contribution in [2.24, 2.45) is 21.8 Å². The van der Waals surface area contributed by atoms with E-state index >= 15 is 0 Å². The van der Waals surface area contributed by atoms with Crippen LogP contribution in [0.15, 0.2) is 100 Å². The topological polar surface area (TPSA) is 129 Å². The van der Waals surface area contributed by atoms with Crippen molar-refractivity contribution in [3.05, 3.63) is 107 Å². The van der Waals surface area contributed by atoms with Crippen LogP contribution in [0.2, 0.25) is 0 Å². The molecule has 4 aromatic heterocycles. The molecule has 4 aliphatic rings. The van der Waals surface area contributed by atoms with E-state index in [1.54, 1.807) is 29.2 Å². The van der Waals surface area contributed by atoms with Crippen molar-refractivity contribution in [3.63, 3.8) is 0 Å². The fraction of sp³-hybridized carbons (Fsp3) is 0.319. The Hall–Kier alpha value is -6.32. The molecule has 0 bridgehead atoms. The number of anilines is 2. The first-order valence-corrected chi connectivity index (χ1v) is 21.9. The molecule has 0 amide bonds. The fourth-order valence-corrected chi connectivity index (χ4v) is 8.12. The lowest BCUT2D eigenvalue weighted by Crippen LogP contribution is -2.16. The highest BCUT2D eigenvalue weighted by atomic mass is 79.9. The number of nitrogens with zero attached hydrogens (tertiary/aromatic N) is 8. The van der Waals surface area contributed by atoms with Gasteiger partial charge in [-0.1, -0.05) is 54.5 Å². The zero-order valence-corrected chi connectivity index (χ0v) is 36.3. The number of nitrogens with one attached hydrogen (secondary N) is 2. The molecule has 3 N–H and O–H groups in total. The van der Waals surface area contributed by atoms with E-state index in [0.29, 0.717) is 39.2 Å². The zero-order valence-electron chi connectivity index (χ0n) is 34.7. The fourth-order valence-electron chi connectivity index (χ4n) is 7.74. The summed E-state index contributed by atoms with van der Waals surface area (Å²) in [4.78, 5) is 26.5. The summed E-state index contributed by atoms with van der Waals surface area (Å²) in [6, 6.07) is 16.3. The summed E-state index contributed by atoms with van der Waals surface area (Å²) in [5.74, 6) is 7.10. The predicted molar refractivity (Wildman–Crippen MR) is 242 cm³/mol. The lowest BCUT2D eigenvalue weighted by molar-refractivity contribution is -0.132. The van der Waals surface area contributed by atoms with E-state index in [9.17, 15) is 26.3 Å². The van der Waals surface area contributed by atoms with Crippen LogP contribution in [0, 0.1) is 23.7 Å². The molecule has 6 heterocycles. The van der Waals surface area contributed by atoms with Gasteiger partial charge in [-0.05, 0) is 81.6 Å². The number of aliphatic hydroxyl groups is 1. The third-order valence-corrected chi connectivity index (χ3v) is 11.8. The Labute approximate surface area is 377 Å². The highest BCUT2D eigenvalue weighted by molar-refractivity contribution is 9.10. The first kappa shape index (κ1) is 43.9. The number of benzene rings is 2. The molecule has 0 radical (unpaired) electrons. The van der Waals surface area contributed by atoms with Gasteiger partial charge in [0.1, 0.15) is 16.9 Å². The average Bonchev–Trinajstić information content (AvgIpc) is 4.07. The van der Waals surface area contributed by atoms with Crippen LogP contribution >= 0.6 is 15.9 Å². The molecule has 65 heavy (non-hydrogen) atoms. The molecule has 2 fully saturated rings. The quantitative estimate of drug-likeness (QED) is 0.0823. The van der Waals surface area contributed by atoms with Gasteiger partial charge in [0.15, 0.2) is 22.9 Å². The maximum atomic E-state index is 12.6. The average molecular weight is 956 g/mol. The SMILES string of the molecule is FC(F)(F)CCNc1nc(Br)cn2c(-c3ccc(C4=CN=C(C5CC5)C4)cc3)cnc12.OCC#Cc1cn2c(-c3ccc(C4=CN=C(C5CC5)C4)cc3)cnc2c(NCCC(F)(F)F)n1. The Kier molecular flexibility index (Phi) is 12.3. The molecule has 11 nitrogen and oxygen atoms in total. The minimum atomic E-state index is -4.28. The number of fused-ring (bicyclic) bond motifs is 2. The molecule has 18 heteroatoms. The molecule has 2 aromatic carbocycles. The predicted octanol–water partition coefficient (Wildman–Crippen LogP) is 10.8. The number of aliphatic imine (C=N–C) groups is 2. The number of hydrogen-bond acceptors (Lipinski definition) is 9. The van der Waals surface area contributed by atoms with E-state index in [-0.39, 0.29) is 25.5 Å². The van der Waals surface area contributed by atoms with Crippen LogP contribution in [-0.2, 0) is 0 Å². The summed E-state index contributed by atoms with van der Waals surface area (Å²) < 4.78 is 79.4. The molecule has 6 aromatic rings. The number of aliphatic hydroxyl groups excluding tert-OH is 1. The standard InChI is InChI=1S/C25H22F3N5O.C22H19BrF3N5/c26-25(27,28)9-10-29-23-24-31-14-22(33(24)15-20(32-23)2-1-11-34)18-7-3-16(4-8-18)19-12-21(30-13-19)17-5-6-17;23-19-12-31-18(11-29-21(31)20(30-19)27-8-7-22(24,25)26)15-5-1-13(2-6-15)16-9-17(28-10-16)14-3-4-14/h3-4,7-8,13-15,17,34H,5-6,9-12H2,(H,29,32);1-2,5-6,10-12,14H,3-4,7-9H2,(H,27,30). The Bertz CT molecular complexity index is 2930. The molecule has 2 aliphatic carbocycles. The Morgan fingerprint density at radius 1 is 0.646 bits per heavy atom. The minimum Gasteiger partial charge on any atom is -0.384 e. The molecule has 0 unspecified atom stereocenters. The van der Waals surface area contributed by atoms with Gasteiger partial charge in [0.2, 0.25) is 0 Å². The second kappa shape index (κ2) is 18.3. The van der Waals surface area contributed by atoms with E-state index in [1.807, 2.05) is 53.2 Å². The number of hydrogen-bond donors (Lipinski definition) is 3. The van der Waals surface area contributed by atoms with Crippen molar-refractivity contribution >= 4 is 61.4 Å². The highest BCUT2D eigenvalue weighted by Gasteiger charge is 2.31. The van der Waals surface area contributed by atoms with Crippen molar-refractivity contribution in [3.8, 4) is 34.4 Å². The smallest absolute Gasteiger partial charge is 0.384 e. The van der Waals surface area contributed by atoms with Crippen molar-refractivity contribution in [2.45, 2.75) is 63.7 Å². The van der Waals surface area contributed by atoms with Crippen molar-refractivity contribution in [1.82, 2.24) is 28.7 Å². The van der Waals surface area contributed by atoms with E-state index in [2.05, 4.69) is 80.5 Å². The third kappa shape index (κ3) is 10.6. The third-order valence-electron chi connectivity index (χ3n) is 11.4. The minimum absolute atomic E-state index is 0.206. The number of imidazole rings is 2.